The molecule has 0 aliphatic carbocycles. The predicted molar refractivity (Wildman–Crippen MR) is 135 cm³/mol. The summed E-state index contributed by atoms with van der Waals surface area (Å²) in [6, 6.07) is 21.2. The van der Waals surface area contributed by atoms with E-state index in [1.54, 1.807) is 20.3 Å². The van der Waals surface area contributed by atoms with Crippen LogP contribution in [0.15, 0.2) is 66.7 Å². The summed E-state index contributed by atoms with van der Waals surface area (Å²) in [5.41, 5.74) is 2.03. The van der Waals surface area contributed by atoms with Gasteiger partial charge in [-0.1, -0.05) is 61.1 Å². The molecule has 1 aromatic heterocycles. The van der Waals surface area contributed by atoms with Gasteiger partial charge in [-0.15, -0.1) is 0 Å². The number of anilines is 1. The van der Waals surface area contributed by atoms with Crippen LogP contribution in [0.1, 0.15) is 30.9 Å². The van der Waals surface area contributed by atoms with Crippen molar-refractivity contribution in [2.24, 2.45) is 5.41 Å². The maximum Gasteiger partial charge on any atom is 0.232 e. The van der Waals surface area contributed by atoms with Crippen molar-refractivity contribution < 1.29 is 14.3 Å². The van der Waals surface area contributed by atoms with E-state index >= 15 is 0 Å². The summed E-state index contributed by atoms with van der Waals surface area (Å²) < 4.78 is 11.6. The Morgan fingerprint density at radius 2 is 1.48 bits per heavy atom. The lowest BCUT2D eigenvalue weighted by molar-refractivity contribution is -0.124. The van der Waals surface area contributed by atoms with Crippen LogP contribution in [-0.2, 0) is 4.79 Å². The highest BCUT2D eigenvalue weighted by Gasteiger charge is 2.39. The topological polar surface area (TPSA) is 60.5 Å². The smallest absolute Gasteiger partial charge is 0.232 e. The molecule has 0 atom stereocenters. The Kier molecular flexibility index (Phi) is 6.58. The lowest BCUT2D eigenvalue weighted by Gasteiger charge is -2.34. The standard InChI is InChI=1S/C26H25ClN2O3S/c1-26(2,24(30)29-25-28-21-14-9-18(27)15-22(21)33-25)23(16-5-10-19(31-3)11-6-16)17-7-12-20(32-4)13-8-17/h5-15,23H,1-4H3,(H,28,29,30). The van der Waals surface area contributed by atoms with Crippen LogP contribution in [0, 0.1) is 5.41 Å². The van der Waals surface area contributed by atoms with Crippen molar-refractivity contribution in [2.45, 2.75) is 19.8 Å². The minimum atomic E-state index is -0.793. The fraction of sp³-hybridized carbons (Fsp3) is 0.231. The van der Waals surface area contributed by atoms with Gasteiger partial charge in [0.1, 0.15) is 11.5 Å². The van der Waals surface area contributed by atoms with Crippen molar-refractivity contribution in [1.82, 2.24) is 4.98 Å². The van der Waals surface area contributed by atoms with E-state index in [1.807, 2.05) is 74.5 Å². The number of amides is 1. The zero-order chi connectivity index (χ0) is 23.6. The van der Waals surface area contributed by atoms with Crippen LogP contribution in [0.2, 0.25) is 5.02 Å². The summed E-state index contributed by atoms with van der Waals surface area (Å²) in [6.07, 6.45) is 0. The van der Waals surface area contributed by atoms with Gasteiger partial charge in [0.25, 0.3) is 0 Å². The van der Waals surface area contributed by atoms with Gasteiger partial charge in [0.15, 0.2) is 5.13 Å². The third-order valence-corrected chi connectivity index (χ3v) is 6.94. The summed E-state index contributed by atoms with van der Waals surface area (Å²) in [6.45, 7) is 3.90. The number of rotatable bonds is 7. The number of ether oxygens (including phenoxy) is 2. The molecule has 0 saturated heterocycles. The number of hydrogen-bond acceptors (Lipinski definition) is 5. The maximum atomic E-state index is 13.6. The average molecular weight is 481 g/mol. The molecule has 0 saturated carbocycles. The number of carbonyl (C=O) groups is 1. The number of benzene rings is 3. The molecule has 0 spiro atoms. The second-order valence-corrected chi connectivity index (χ2v) is 9.75. The molecule has 4 aromatic rings. The largest absolute Gasteiger partial charge is 0.497 e. The lowest BCUT2D eigenvalue weighted by Crippen LogP contribution is -2.37. The molecule has 170 valence electrons. The van der Waals surface area contributed by atoms with Gasteiger partial charge < -0.3 is 14.8 Å². The Morgan fingerprint density at radius 3 is 2.00 bits per heavy atom. The molecule has 5 nitrogen and oxygen atoms in total. The van der Waals surface area contributed by atoms with Crippen LogP contribution in [0.3, 0.4) is 0 Å². The molecule has 33 heavy (non-hydrogen) atoms. The minimum Gasteiger partial charge on any atom is -0.497 e. The second kappa shape index (κ2) is 9.41. The molecular formula is C26H25ClN2O3S. The SMILES string of the molecule is COc1ccc(C(c2ccc(OC)cc2)C(C)(C)C(=O)Nc2nc3ccc(Cl)cc3s2)cc1. The first-order chi connectivity index (χ1) is 15.8. The average Bonchev–Trinajstić information content (AvgIpc) is 3.21. The van der Waals surface area contributed by atoms with Crippen molar-refractivity contribution in [2.75, 3.05) is 19.5 Å². The molecule has 0 aliphatic rings. The van der Waals surface area contributed by atoms with Gasteiger partial charge >= 0.3 is 0 Å². The Bertz CT molecular complexity index is 1220. The highest BCUT2D eigenvalue weighted by Crippen LogP contribution is 2.43. The summed E-state index contributed by atoms with van der Waals surface area (Å²) in [4.78, 5) is 18.1. The number of nitrogens with one attached hydrogen (secondary N) is 1. The molecule has 0 aliphatic heterocycles. The molecule has 0 bridgehead atoms. The number of halogens is 1. The van der Waals surface area contributed by atoms with Crippen LogP contribution in [0.5, 0.6) is 11.5 Å². The molecule has 4 rings (SSSR count). The number of carbonyl (C=O) groups excluding carboxylic acids is 1. The van der Waals surface area contributed by atoms with Gasteiger partial charge in [-0.05, 0) is 53.6 Å². The van der Waals surface area contributed by atoms with E-state index in [-0.39, 0.29) is 11.8 Å². The second-order valence-electron chi connectivity index (χ2n) is 8.29. The fourth-order valence-corrected chi connectivity index (χ4v) is 5.10. The Labute approximate surface area is 202 Å². The van der Waals surface area contributed by atoms with E-state index in [0.29, 0.717) is 10.2 Å². The minimum absolute atomic E-state index is 0.121. The summed E-state index contributed by atoms with van der Waals surface area (Å²) in [5, 5.41) is 4.22. The van der Waals surface area contributed by atoms with E-state index in [9.17, 15) is 4.79 Å². The highest BCUT2D eigenvalue weighted by atomic mass is 35.5. The zero-order valence-electron chi connectivity index (χ0n) is 18.9. The quantitative estimate of drug-likeness (QED) is 0.317. The molecule has 1 heterocycles. The summed E-state index contributed by atoms with van der Waals surface area (Å²) >= 11 is 7.51. The third kappa shape index (κ3) is 4.82. The normalized spacial score (nSPS) is 11.6. The van der Waals surface area contributed by atoms with Crippen molar-refractivity contribution in [1.29, 1.82) is 0 Å². The van der Waals surface area contributed by atoms with Gasteiger partial charge in [-0.3, -0.25) is 4.79 Å². The first kappa shape index (κ1) is 23.1. The Balaban J connectivity index is 1.70. The molecular weight excluding hydrogens is 456 g/mol. The van der Waals surface area contributed by atoms with E-state index in [2.05, 4.69) is 10.3 Å². The molecule has 1 amide bonds. The van der Waals surface area contributed by atoms with Gasteiger partial charge in [0.2, 0.25) is 5.91 Å². The number of fused-ring (bicyclic) bond motifs is 1. The van der Waals surface area contributed by atoms with Crippen molar-refractivity contribution in [3.63, 3.8) is 0 Å². The number of aromatic nitrogens is 1. The van der Waals surface area contributed by atoms with Gasteiger partial charge in [0.05, 0.1) is 29.9 Å². The molecule has 0 fully saturated rings. The van der Waals surface area contributed by atoms with Gasteiger partial charge in [-0.25, -0.2) is 4.98 Å². The predicted octanol–water partition coefficient (Wildman–Crippen LogP) is 6.76. The van der Waals surface area contributed by atoms with Crippen molar-refractivity contribution in [3.8, 4) is 11.5 Å². The van der Waals surface area contributed by atoms with Crippen LogP contribution >= 0.6 is 22.9 Å². The number of nitrogens with zero attached hydrogens (tertiary/aromatic N) is 1. The van der Waals surface area contributed by atoms with Crippen LogP contribution in [0.25, 0.3) is 10.2 Å². The number of thiazole rings is 1. The highest BCUT2D eigenvalue weighted by molar-refractivity contribution is 7.22. The number of methoxy groups -OCH3 is 2. The monoisotopic (exact) mass is 480 g/mol. The van der Waals surface area contributed by atoms with E-state index in [1.165, 1.54) is 11.3 Å². The van der Waals surface area contributed by atoms with Crippen molar-refractivity contribution >= 4 is 44.2 Å². The van der Waals surface area contributed by atoms with Crippen LogP contribution in [0.4, 0.5) is 5.13 Å². The first-order valence-corrected chi connectivity index (χ1v) is 11.7. The molecule has 0 unspecified atom stereocenters. The first-order valence-electron chi connectivity index (χ1n) is 10.5. The third-order valence-electron chi connectivity index (χ3n) is 5.78. The lowest BCUT2D eigenvalue weighted by atomic mass is 9.70. The molecule has 3 aromatic carbocycles. The molecule has 1 N–H and O–H groups in total. The van der Waals surface area contributed by atoms with E-state index < -0.39 is 5.41 Å². The van der Waals surface area contributed by atoms with Gasteiger partial charge in [-0.2, -0.15) is 0 Å². The van der Waals surface area contributed by atoms with Crippen molar-refractivity contribution in [3.05, 3.63) is 82.9 Å². The van der Waals surface area contributed by atoms with Crippen LogP contribution in [-0.4, -0.2) is 25.1 Å². The maximum absolute atomic E-state index is 13.6. The van der Waals surface area contributed by atoms with E-state index in [0.717, 1.165) is 32.8 Å². The Hall–Kier alpha value is -3.09. The van der Waals surface area contributed by atoms with Crippen LogP contribution < -0.4 is 14.8 Å². The molecule has 0 radical (unpaired) electrons. The Morgan fingerprint density at radius 1 is 0.939 bits per heavy atom. The zero-order valence-corrected chi connectivity index (χ0v) is 20.5. The summed E-state index contributed by atoms with van der Waals surface area (Å²) in [7, 11) is 3.27. The number of hydrogen-bond donors (Lipinski definition) is 1. The fourth-order valence-electron chi connectivity index (χ4n) is 3.96. The van der Waals surface area contributed by atoms with Gasteiger partial charge in [0, 0.05) is 10.9 Å². The summed E-state index contributed by atoms with van der Waals surface area (Å²) in [5.74, 6) is 1.20. The van der Waals surface area contributed by atoms with E-state index in [4.69, 9.17) is 21.1 Å². The molecule has 7 heteroatoms.